The SMILES string of the molecule is CC[C@H](N)C(=O)Nc1ncc[nH]1. The first kappa shape index (κ1) is 8.73. The normalized spacial score (nSPS) is 12.5. The van der Waals surface area contributed by atoms with E-state index in [4.69, 9.17) is 5.73 Å². The number of carbonyl (C=O) groups excluding carboxylic acids is 1. The van der Waals surface area contributed by atoms with Crippen LogP contribution < -0.4 is 11.1 Å². The Morgan fingerprint density at radius 2 is 2.67 bits per heavy atom. The lowest BCUT2D eigenvalue weighted by atomic mass is 10.2. The van der Waals surface area contributed by atoms with Crippen LogP contribution in [0.1, 0.15) is 13.3 Å². The van der Waals surface area contributed by atoms with Crippen LogP contribution in [0.15, 0.2) is 12.4 Å². The van der Waals surface area contributed by atoms with Crippen molar-refractivity contribution in [3.05, 3.63) is 12.4 Å². The molecule has 0 spiro atoms. The van der Waals surface area contributed by atoms with Gasteiger partial charge in [-0.05, 0) is 6.42 Å². The van der Waals surface area contributed by atoms with E-state index in [0.29, 0.717) is 12.4 Å². The van der Waals surface area contributed by atoms with E-state index in [2.05, 4.69) is 15.3 Å². The van der Waals surface area contributed by atoms with E-state index < -0.39 is 6.04 Å². The van der Waals surface area contributed by atoms with Gasteiger partial charge in [-0.15, -0.1) is 0 Å². The third-order valence-electron chi connectivity index (χ3n) is 1.52. The molecule has 0 aliphatic rings. The zero-order valence-electron chi connectivity index (χ0n) is 6.87. The van der Waals surface area contributed by atoms with Gasteiger partial charge in [-0.25, -0.2) is 4.98 Å². The molecule has 0 aliphatic heterocycles. The summed E-state index contributed by atoms with van der Waals surface area (Å²) in [6.45, 7) is 1.85. The number of amides is 1. The molecule has 0 saturated carbocycles. The van der Waals surface area contributed by atoms with Crippen molar-refractivity contribution in [1.29, 1.82) is 0 Å². The lowest BCUT2D eigenvalue weighted by molar-refractivity contribution is -0.117. The Bertz CT molecular complexity index is 244. The summed E-state index contributed by atoms with van der Waals surface area (Å²) in [6.07, 6.45) is 3.81. The van der Waals surface area contributed by atoms with Gasteiger partial charge in [-0.1, -0.05) is 6.92 Å². The molecule has 1 aromatic heterocycles. The molecule has 0 radical (unpaired) electrons. The van der Waals surface area contributed by atoms with Crippen molar-refractivity contribution in [2.45, 2.75) is 19.4 Å². The van der Waals surface area contributed by atoms with Gasteiger partial charge >= 0.3 is 0 Å². The number of aromatic amines is 1. The predicted molar refractivity (Wildman–Crippen MR) is 45.5 cm³/mol. The van der Waals surface area contributed by atoms with Gasteiger partial charge in [0.15, 0.2) is 0 Å². The van der Waals surface area contributed by atoms with Crippen molar-refractivity contribution in [3.8, 4) is 0 Å². The van der Waals surface area contributed by atoms with Crippen molar-refractivity contribution in [3.63, 3.8) is 0 Å². The molecule has 1 atom stereocenters. The topological polar surface area (TPSA) is 83.8 Å². The number of rotatable bonds is 3. The molecule has 4 N–H and O–H groups in total. The summed E-state index contributed by atoms with van der Waals surface area (Å²) in [5.41, 5.74) is 5.48. The van der Waals surface area contributed by atoms with E-state index in [0.717, 1.165) is 0 Å². The molecule has 0 bridgehead atoms. The van der Waals surface area contributed by atoms with Crippen LogP contribution in [0.25, 0.3) is 0 Å². The van der Waals surface area contributed by atoms with Crippen molar-refractivity contribution in [1.82, 2.24) is 9.97 Å². The Labute approximate surface area is 70.4 Å². The highest BCUT2D eigenvalue weighted by Gasteiger charge is 2.11. The highest BCUT2D eigenvalue weighted by molar-refractivity contribution is 5.93. The summed E-state index contributed by atoms with van der Waals surface area (Å²) in [6, 6.07) is -0.463. The second kappa shape index (κ2) is 3.87. The average molecular weight is 168 g/mol. The zero-order valence-corrected chi connectivity index (χ0v) is 6.87. The standard InChI is InChI=1S/C7H12N4O/c1-2-5(8)6(12)11-7-9-3-4-10-7/h3-5H,2,8H2,1H3,(H2,9,10,11,12)/t5-/m0/s1. The van der Waals surface area contributed by atoms with Crippen LogP contribution >= 0.6 is 0 Å². The van der Waals surface area contributed by atoms with Crippen molar-refractivity contribution >= 4 is 11.9 Å². The second-order valence-electron chi connectivity index (χ2n) is 2.44. The van der Waals surface area contributed by atoms with Crippen LogP contribution in [0.4, 0.5) is 5.95 Å². The van der Waals surface area contributed by atoms with Gasteiger partial charge in [0.2, 0.25) is 11.9 Å². The highest BCUT2D eigenvalue weighted by atomic mass is 16.2. The molecular weight excluding hydrogens is 156 g/mol. The van der Waals surface area contributed by atoms with Crippen LogP contribution in [0.3, 0.4) is 0 Å². The molecule has 0 aromatic carbocycles. The fourth-order valence-corrected chi connectivity index (χ4v) is 0.728. The van der Waals surface area contributed by atoms with E-state index >= 15 is 0 Å². The van der Waals surface area contributed by atoms with Crippen molar-refractivity contribution < 1.29 is 4.79 Å². The number of nitrogens with one attached hydrogen (secondary N) is 2. The maximum absolute atomic E-state index is 11.1. The summed E-state index contributed by atoms with van der Waals surface area (Å²) in [5, 5.41) is 2.54. The van der Waals surface area contributed by atoms with Gasteiger partial charge in [0.1, 0.15) is 0 Å². The molecule has 0 fully saturated rings. The fourth-order valence-electron chi connectivity index (χ4n) is 0.728. The fraction of sp³-hybridized carbons (Fsp3) is 0.429. The number of imidazole rings is 1. The third kappa shape index (κ3) is 2.06. The molecule has 0 unspecified atom stereocenters. The maximum Gasteiger partial charge on any atom is 0.243 e. The number of nitrogens with two attached hydrogens (primary N) is 1. The minimum atomic E-state index is -0.463. The second-order valence-corrected chi connectivity index (χ2v) is 2.44. The lowest BCUT2D eigenvalue weighted by Gasteiger charge is -2.06. The van der Waals surface area contributed by atoms with Gasteiger partial charge in [0.25, 0.3) is 0 Å². The summed E-state index contributed by atoms with van der Waals surface area (Å²) in [7, 11) is 0. The highest BCUT2D eigenvalue weighted by Crippen LogP contribution is 1.96. The Morgan fingerprint density at radius 1 is 1.92 bits per heavy atom. The Hall–Kier alpha value is -1.36. The Balaban J connectivity index is 2.47. The Kier molecular flexibility index (Phi) is 2.82. The molecular formula is C7H12N4O. The molecule has 0 aliphatic carbocycles. The lowest BCUT2D eigenvalue weighted by Crippen LogP contribution is -2.35. The van der Waals surface area contributed by atoms with E-state index in [1.54, 1.807) is 12.4 Å². The Morgan fingerprint density at radius 3 is 3.17 bits per heavy atom. The largest absolute Gasteiger partial charge is 0.331 e. The number of hydrogen-bond acceptors (Lipinski definition) is 3. The number of carbonyl (C=O) groups is 1. The summed E-state index contributed by atoms with van der Waals surface area (Å²) in [5.74, 6) is 0.219. The summed E-state index contributed by atoms with van der Waals surface area (Å²) < 4.78 is 0. The van der Waals surface area contributed by atoms with Crippen LogP contribution in [0.5, 0.6) is 0 Å². The predicted octanol–water partition coefficient (Wildman–Crippen LogP) is 0.0855. The zero-order chi connectivity index (χ0) is 8.97. The minimum Gasteiger partial charge on any atom is -0.331 e. The number of aromatic nitrogens is 2. The number of hydrogen-bond donors (Lipinski definition) is 3. The summed E-state index contributed by atoms with van der Waals surface area (Å²) in [4.78, 5) is 17.7. The first-order valence-corrected chi connectivity index (χ1v) is 3.80. The van der Waals surface area contributed by atoms with Gasteiger partial charge in [0.05, 0.1) is 6.04 Å². The van der Waals surface area contributed by atoms with Gasteiger partial charge in [0, 0.05) is 12.4 Å². The number of nitrogens with zero attached hydrogens (tertiary/aromatic N) is 1. The van der Waals surface area contributed by atoms with Crippen LogP contribution in [0.2, 0.25) is 0 Å². The molecule has 1 aromatic rings. The van der Waals surface area contributed by atoms with E-state index in [9.17, 15) is 4.79 Å². The number of H-pyrrole nitrogens is 1. The molecule has 0 saturated heterocycles. The minimum absolute atomic E-state index is 0.215. The van der Waals surface area contributed by atoms with Gasteiger partial charge in [-0.2, -0.15) is 0 Å². The molecule has 5 heteroatoms. The van der Waals surface area contributed by atoms with E-state index in [1.165, 1.54) is 0 Å². The van der Waals surface area contributed by atoms with Crippen LogP contribution in [-0.2, 0) is 4.79 Å². The van der Waals surface area contributed by atoms with Crippen LogP contribution in [0, 0.1) is 0 Å². The molecule has 1 amide bonds. The molecule has 1 heterocycles. The van der Waals surface area contributed by atoms with Crippen molar-refractivity contribution in [2.75, 3.05) is 5.32 Å². The van der Waals surface area contributed by atoms with Gasteiger partial charge < -0.3 is 10.7 Å². The average Bonchev–Trinajstić information content (AvgIpc) is 2.55. The molecule has 12 heavy (non-hydrogen) atoms. The van der Waals surface area contributed by atoms with E-state index in [-0.39, 0.29) is 5.91 Å². The van der Waals surface area contributed by atoms with E-state index in [1.807, 2.05) is 6.92 Å². The monoisotopic (exact) mass is 168 g/mol. The molecule has 5 nitrogen and oxygen atoms in total. The summed E-state index contributed by atoms with van der Waals surface area (Å²) >= 11 is 0. The van der Waals surface area contributed by atoms with Crippen molar-refractivity contribution in [2.24, 2.45) is 5.73 Å². The molecule has 1 rings (SSSR count). The quantitative estimate of drug-likeness (QED) is 0.597. The third-order valence-corrected chi connectivity index (χ3v) is 1.52. The van der Waals surface area contributed by atoms with Crippen LogP contribution in [-0.4, -0.2) is 21.9 Å². The first-order valence-electron chi connectivity index (χ1n) is 3.80. The first-order chi connectivity index (χ1) is 5.74. The number of anilines is 1. The smallest absolute Gasteiger partial charge is 0.243 e. The maximum atomic E-state index is 11.1. The molecule has 66 valence electrons. The van der Waals surface area contributed by atoms with Gasteiger partial charge in [-0.3, -0.25) is 10.1 Å².